The molecule has 0 fully saturated rings. The molecule has 0 aliphatic heterocycles. The van der Waals surface area contributed by atoms with Gasteiger partial charge in [-0.1, -0.05) is 83.5 Å². The highest BCUT2D eigenvalue weighted by molar-refractivity contribution is 9.10. The average Bonchev–Trinajstić information content (AvgIpc) is 3.07. The van der Waals surface area contributed by atoms with Crippen molar-refractivity contribution in [3.8, 4) is 5.75 Å². The Kier molecular flexibility index (Phi) is 12.4. The highest BCUT2D eigenvalue weighted by Crippen LogP contribution is 2.27. The molecule has 2 amide bonds. The van der Waals surface area contributed by atoms with Crippen molar-refractivity contribution in [3.05, 3.63) is 125 Å². The maximum absolute atomic E-state index is 14.5. The lowest BCUT2D eigenvalue weighted by molar-refractivity contribution is -0.140. The third-order valence-corrected chi connectivity index (χ3v) is 9.90. The van der Waals surface area contributed by atoms with Crippen molar-refractivity contribution in [2.75, 3.05) is 17.5 Å². The van der Waals surface area contributed by atoms with Gasteiger partial charge in [0.25, 0.3) is 10.0 Å². The highest BCUT2D eigenvalue weighted by atomic mass is 79.9. The summed E-state index contributed by atoms with van der Waals surface area (Å²) in [5, 5.41) is 3.05. The van der Waals surface area contributed by atoms with Crippen molar-refractivity contribution in [2.45, 2.75) is 57.1 Å². The fraction of sp³-hybridized carbons (Fsp3) is 0.278. The monoisotopic (exact) mass is 705 g/mol. The molecule has 0 unspecified atom stereocenters. The minimum absolute atomic E-state index is 0.0477. The summed E-state index contributed by atoms with van der Waals surface area (Å²) in [6, 6.07) is 30.6. The summed E-state index contributed by atoms with van der Waals surface area (Å²) in [7, 11) is -4.18. The minimum atomic E-state index is -4.18. The molecular formula is C36H40BrN3O5S. The predicted octanol–water partition coefficient (Wildman–Crippen LogP) is 6.60. The van der Waals surface area contributed by atoms with Crippen LogP contribution in [0.5, 0.6) is 5.75 Å². The van der Waals surface area contributed by atoms with Crippen molar-refractivity contribution in [2.24, 2.45) is 0 Å². The number of benzene rings is 4. The molecule has 10 heteroatoms. The van der Waals surface area contributed by atoms with Crippen molar-refractivity contribution in [1.82, 2.24) is 10.2 Å². The van der Waals surface area contributed by atoms with Crippen molar-refractivity contribution < 1.29 is 22.7 Å². The normalized spacial score (nSPS) is 12.5. The third-order valence-electron chi connectivity index (χ3n) is 7.58. The molecule has 0 saturated carbocycles. The van der Waals surface area contributed by atoms with E-state index in [2.05, 4.69) is 21.2 Å². The number of rotatable bonds is 15. The number of hydrogen-bond acceptors (Lipinski definition) is 5. The molecule has 0 aliphatic rings. The quantitative estimate of drug-likeness (QED) is 0.150. The number of hydrogen-bond donors (Lipinski definition) is 1. The van der Waals surface area contributed by atoms with Crippen LogP contribution in [0.1, 0.15) is 38.3 Å². The first kappa shape index (κ1) is 34.7. The minimum Gasteiger partial charge on any atom is -0.494 e. The Morgan fingerprint density at radius 1 is 0.826 bits per heavy atom. The van der Waals surface area contributed by atoms with Gasteiger partial charge in [0.2, 0.25) is 11.8 Å². The molecule has 4 aromatic carbocycles. The van der Waals surface area contributed by atoms with Gasteiger partial charge >= 0.3 is 0 Å². The average molecular weight is 707 g/mol. The molecule has 0 saturated heterocycles. The number of nitrogens with one attached hydrogen (secondary N) is 1. The first-order chi connectivity index (χ1) is 22.1. The Balaban J connectivity index is 1.79. The van der Waals surface area contributed by atoms with Gasteiger partial charge in [-0.3, -0.25) is 13.9 Å². The van der Waals surface area contributed by atoms with Gasteiger partial charge in [0.15, 0.2) is 0 Å². The van der Waals surface area contributed by atoms with Crippen LogP contribution in [0.4, 0.5) is 5.69 Å². The zero-order chi connectivity index (χ0) is 33.1. The second kappa shape index (κ2) is 16.4. The molecular weight excluding hydrogens is 666 g/mol. The van der Waals surface area contributed by atoms with Crippen LogP contribution in [0, 0.1) is 0 Å². The second-order valence-electron chi connectivity index (χ2n) is 10.9. The van der Waals surface area contributed by atoms with Crippen LogP contribution < -0.4 is 14.4 Å². The van der Waals surface area contributed by atoms with Gasteiger partial charge in [0, 0.05) is 23.5 Å². The van der Waals surface area contributed by atoms with Crippen LogP contribution in [0.2, 0.25) is 0 Å². The van der Waals surface area contributed by atoms with E-state index < -0.39 is 28.5 Å². The predicted molar refractivity (Wildman–Crippen MR) is 185 cm³/mol. The molecule has 4 aromatic rings. The Labute approximate surface area is 280 Å². The molecule has 8 nitrogen and oxygen atoms in total. The van der Waals surface area contributed by atoms with Gasteiger partial charge in [-0.2, -0.15) is 0 Å². The summed E-state index contributed by atoms with van der Waals surface area (Å²) in [6.07, 6.45) is 0.963. The number of carbonyl (C=O) groups is 2. The number of sulfonamides is 1. The molecule has 0 radical (unpaired) electrons. The fourth-order valence-electron chi connectivity index (χ4n) is 4.91. The van der Waals surface area contributed by atoms with E-state index in [-0.39, 0.29) is 29.8 Å². The molecule has 4 rings (SSSR count). The second-order valence-corrected chi connectivity index (χ2v) is 13.7. The van der Waals surface area contributed by atoms with E-state index in [0.717, 1.165) is 19.9 Å². The van der Waals surface area contributed by atoms with E-state index >= 15 is 0 Å². The molecule has 0 aliphatic carbocycles. The Morgan fingerprint density at radius 2 is 1.43 bits per heavy atom. The lowest BCUT2D eigenvalue weighted by atomic mass is 10.0. The van der Waals surface area contributed by atoms with Gasteiger partial charge in [-0.25, -0.2) is 8.42 Å². The molecule has 242 valence electrons. The Hall–Kier alpha value is -4.15. The Morgan fingerprint density at radius 3 is 2.02 bits per heavy atom. The molecule has 0 aromatic heterocycles. The largest absolute Gasteiger partial charge is 0.494 e. The lowest BCUT2D eigenvalue weighted by Crippen LogP contribution is -2.54. The summed E-state index contributed by atoms with van der Waals surface area (Å²) >= 11 is 3.46. The lowest BCUT2D eigenvalue weighted by Gasteiger charge is -2.34. The first-order valence-corrected chi connectivity index (χ1v) is 17.5. The third kappa shape index (κ3) is 9.20. The van der Waals surface area contributed by atoms with E-state index in [4.69, 9.17) is 4.74 Å². The standard InChI is InChI=1S/C36H40BrN3O5S/c1-4-27(3)38-36(42)34(24-28-12-8-6-9-13-28)39(25-29-16-18-30(37)19-17-29)35(41)26-40(31-20-22-32(23-21-31)45-5-2)46(43,44)33-14-10-7-11-15-33/h6-23,27,34H,4-5,24-26H2,1-3H3,(H,38,42)/t27-,34+/m0/s1. The van der Waals surface area contributed by atoms with Crippen LogP contribution in [-0.4, -0.2) is 50.4 Å². The fourth-order valence-corrected chi connectivity index (χ4v) is 6.60. The van der Waals surface area contributed by atoms with Crippen LogP contribution in [0.25, 0.3) is 0 Å². The molecule has 1 N–H and O–H groups in total. The van der Waals surface area contributed by atoms with Gasteiger partial charge in [0.05, 0.1) is 17.2 Å². The summed E-state index contributed by atoms with van der Waals surface area (Å²) in [6.45, 7) is 5.78. The number of nitrogens with zero attached hydrogens (tertiary/aromatic N) is 2. The maximum Gasteiger partial charge on any atom is 0.264 e. The highest BCUT2D eigenvalue weighted by Gasteiger charge is 2.35. The van der Waals surface area contributed by atoms with E-state index in [0.29, 0.717) is 24.5 Å². The first-order valence-electron chi connectivity index (χ1n) is 15.3. The number of ether oxygens (including phenoxy) is 1. The van der Waals surface area contributed by atoms with Crippen LogP contribution in [0.15, 0.2) is 119 Å². The Bertz CT molecular complexity index is 1670. The summed E-state index contributed by atoms with van der Waals surface area (Å²) in [5.74, 6) is -0.241. The van der Waals surface area contributed by atoms with Gasteiger partial charge in [0.1, 0.15) is 18.3 Å². The van der Waals surface area contributed by atoms with Gasteiger partial charge in [-0.05, 0) is 79.9 Å². The number of halogens is 1. The van der Waals surface area contributed by atoms with Crippen LogP contribution in [-0.2, 0) is 32.6 Å². The summed E-state index contributed by atoms with van der Waals surface area (Å²) in [4.78, 5) is 30.0. The van der Waals surface area contributed by atoms with Crippen molar-refractivity contribution in [1.29, 1.82) is 0 Å². The van der Waals surface area contributed by atoms with Crippen molar-refractivity contribution >= 4 is 43.5 Å². The topological polar surface area (TPSA) is 96.0 Å². The molecule has 46 heavy (non-hydrogen) atoms. The molecule has 0 heterocycles. The van der Waals surface area contributed by atoms with Gasteiger partial charge < -0.3 is 15.0 Å². The van der Waals surface area contributed by atoms with E-state index in [1.54, 1.807) is 42.5 Å². The molecule has 0 bridgehead atoms. The zero-order valence-corrected chi connectivity index (χ0v) is 28.7. The van der Waals surface area contributed by atoms with Crippen molar-refractivity contribution in [3.63, 3.8) is 0 Å². The number of carbonyl (C=O) groups excluding carboxylic acids is 2. The number of anilines is 1. The SMILES string of the molecule is CCOc1ccc(N(CC(=O)N(Cc2ccc(Br)cc2)[C@H](Cc2ccccc2)C(=O)N[C@@H](C)CC)S(=O)(=O)c2ccccc2)cc1. The zero-order valence-electron chi connectivity index (χ0n) is 26.3. The maximum atomic E-state index is 14.5. The smallest absolute Gasteiger partial charge is 0.264 e. The summed E-state index contributed by atoms with van der Waals surface area (Å²) in [5.41, 5.74) is 1.97. The number of amides is 2. The van der Waals surface area contributed by atoms with Crippen LogP contribution >= 0.6 is 15.9 Å². The molecule has 0 spiro atoms. The van der Waals surface area contributed by atoms with Gasteiger partial charge in [-0.15, -0.1) is 0 Å². The van der Waals surface area contributed by atoms with E-state index in [1.807, 2.05) is 75.4 Å². The van der Waals surface area contributed by atoms with Crippen LogP contribution in [0.3, 0.4) is 0 Å². The molecule has 2 atom stereocenters. The summed E-state index contributed by atoms with van der Waals surface area (Å²) < 4.78 is 35.8. The van der Waals surface area contributed by atoms with E-state index in [9.17, 15) is 18.0 Å². The van der Waals surface area contributed by atoms with E-state index in [1.165, 1.54) is 17.0 Å².